The van der Waals surface area contributed by atoms with Crippen molar-refractivity contribution in [2.45, 2.75) is 56.2 Å². The van der Waals surface area contributed by atoms with E-state index >= 15 is 0 Å². The maximum absolute atomic E-state index is 9.88. The molecule has 1 heterocycles. The Kier molecular flexibility index (Phi) is 3.85. The highest BCUT2D eigenvalue weighted by Gasteiger charge is 2.43. The molecule has 1 aromatic carbocycles. The van der Waals surface area contributed by atoms with Gasteiger partial charge in [0.15, 0.2) is 0 Å². The van der Waals surface area contributed by atoms with Gasteiger partial charge in [-0.1, -0.05) is 30.3 Å². The SMILES string of the molecule is CC(CO)(NC1CCOC2(CCC2)C1)c1ccccc1. The first-order chi connectivity index (χ1) is 9.66. The van der Waals surface area contributed by atoms with Crippen molar-refractivity contribution < 1.29 is 9.84 Å². The van der Waals surface area contributed by atoms with E-state index in [1.807, 2.05) is 18.2 Å². The number of aliphatic hydroxyl groups is 1. The molecule has 2 fully saturated rings. The molecule has 0 amide bonds. The van der Waals surface area contributed by atoms with Gasteiger partial charge in [0, 0.05) is 12.6 Å². The lowest BCUT2D eigenvalue weighted by Gasteiger charge is -2.49. The first kappa shape index (κ1) is 14.1. The topological polar surface area (TPSA) is 41.5 Å². The third kappa shape index (κ3) is 2.62. The molecule has 20 heavy (non-hydrogen) atoms. The summed E-state index contributed by atoms with van der Waals surface area (Å²) in [6, 6.07) is 10.7. The van der Waals surface area contributed by atoms with E-state index in [1.165, 1.54) is 19.3 Å². The summed E-state index contributed by atoms with van der Waals surface area (Å²) in [6.45, 7) is 3.04. The molecule has 0 aromatic heterocycles. The largest absolute Gasteiger partial charge is 0.394 e. The zero-order chi connectivity index (χ0) is 14.1. The Balaban J connectivity index is 1.71. The van der Waals surface area contributed by atoms with E-state index in [0.29, 0.717) is 6.04 Å². The van der Waals surface area contributed by atoms with Gasteiger partial charge >= 0.3 is 0 Å². The fourth-order valence-electron chi connectivity index (χ4n) is 3.55. The van der Waals surface area contributed by atoms with Crippen LogP contribution in [0.2, 0.25) is 0 Å². The van der Waals surface area contributed by atoms with Crippen molar-refractivity contribution >= 4 is 0 Å². The van der Waals surface area contributed by atoms with Gasteiger partial charge in [0.2, 0.25) is 0 Å². The van der Waals surface area contributed by atoms with Crippen molar-refractivity contribution in [2.24, 2.45) is 0 Å². The van der Waals surface area contributed by atoms with Gasteiger partial charge in [0.05, 0.1) is 17.7 Å². The third-order valence-corrected chi connectivity index (χ3v) is 5.01. The highest BCUT2D eigenvalue weighted by molar-refractivity contribution is 5.24. The first-order valence-electron chi connectivity index (χ1n) is 7.74. The third-order valence-electron chi connectivity index (χ3n) is 5.01. The van der Waals surface area contributed by atoms with Crippen LogP contribution in [0.15, 0.2) is 30.3 Å². The van der Waals surface area contributed by atoms with Crippen molar-refractivity contribution in [3.8, 4) is 0 Å². The lowest BCUT2D eigenvalue weighted by molar-refractivity contribution is -0.138. The van der Waals surface area contributed by atoms with Crippen molar-refractivity contribution in [3.63, 3.8) is 0 Å². The van der Waals surface area contributed by atoms with Gasteiger partial charge in [-0.25, -0.2) is 0 Å². The number of ether oxygens (including phenoxy) is 1. The zero-order valence-corrected chi connectivity index (χ0v) is 12.3. The molecule has 2 atom stereocenters. The van der Waals surface area contributed by atoms with Gasteiger partial charge in [-0.2, -0.15) is 0 Å². The van der Waals surface area contributed by atoms with Crippen LogP contribution in [0.25, 0.3) is 0 Å². The van der Waals surface area contributed by atoms with Crippen molar-refractivity contribution in [3.05, 3.63) is 35.9 Å². The summed E-state index contributed by atoms with van der Waals surface area (Å²) in [5.41, 5.74) is 0.925. The molecular weight excluding hydrogens is 250 g/mol. The van der Waals surface area contributed by atoms with Crippen LogP contribution in [-0.2, 0) is 10.3 Å². The second-order valence-corrected chi connectivity index (χ2v) is 6.58. The highest BCUT2D eigenvalue weighted by atomic mass is 16.5. The summed E-state index contributed by atoms with van der Waals surface area (Å²) in [5, 5.41) is 13.6. The van der Waals surface area contributed by atoms with E-state index in [1.54, 1.807) is 0 Å². The van der Waals surface area contributed by atoms with Gasteiger partial charge in [-0.3, -0.25) is 0 Å². The summed E-state index contributed by atoms with van der Waals surface area (Å²) in [6.07, 6.45) is 5.81. The quantitative estimate of drug-likeness (QED) is 0.887. The predicted octanol–water partition coefficient (Wildman–Crippen LogP) is 2.59. The van der Waals surface area contributed by atoms with Crippen LogP contribution in [0, 0.1) is 0 Å². The van der Waals surface area contributed by atoms with E-state index in [-0.39, 0.29) is 17.7 Å². The average molecular weight is 275 g/mol. The summed E-state index contributed by atoms with van der Waals surface area (Å²) in [4.78, 5) is 0. The second kappa shape index (κ2) is 5.47. The van der Waals surface area contributed by atoms with Gasteiger partial charge in [-0.05, 0) is 44.6 Å². The predicted molar refractivity (Wildman–Crippen MR) is 79.6 cm³/mol. The number of aliphatic hydroxyl groups excluding tert-OH is 1. The molecule has 1 aromatic rings. The molecule has 2 N–H and O–H groups in total. The van der Waals surface area contributed by atoms with E-state index in [2.05, 4.69) is 24.4 Å². The lowest BCUT2D eigenvalue weighted by atomic mass is 9.73. The number of nitrogens with one attached hydrogen (secondary N) is 1. The number of hydrogen-bond acceptors (Lipinski definition) is 3. The molecule has 1 aliphatic heterocycles. The van der Waals surface area contributed by atoms with Gasteiger partial charge < -0.3 is 15.2 Å². The Bertz CT molecular complexity index is 444. The van der Waals surface area contributed by atoms with Gasteiger partial charge in [0.1, 0.15) is 0 Å². The van der Waals surface area contributed by atoms with Crippen LogP contribution in [0.3, 0.4) is 0 Å². The van der Waals surface area contributed by atoms with E-state index < -0.39 is 0 Å². The summed E-state index contributed by atoms with van der Waals surface area (Å²) < 4.78 is 5.98. The standard InChI is InChI=1S/C17H25NO2/c1-16(13-19,14-6-3-2-4-7-14)18-15-8-11-20-17(12-15)9-5-10-17/h2-4,6-7,15,18-19H,5,8-13H2,1H3. The fraction of sp³-hybridized carbons (Fsp3) is 0.647. The van der Waals surface area contributed by atoms with Gasteiger partial charge in [0.25, 0.3) is 0 Å². The molecule has 3 heteroatoms. The molecule has 0 radical (unpaired) electrons. The lowest BCUT2D eigenvalue weighted by Crippen LogP contribution is -2.56. The van der Waals surface area contributed by atoms with Crippen LogP contribution in [0.5, 0.6) is 0 Å². The number of benzene rings is 1. The van der Waals surface area contributed by atoms with E-state index in [0.717, 1.165) is 25.0 Å². The Labute approximate surface area is 121 Å². The molecule has 2 unspecified atom stereocenters. The van der Waals surface area contributed by atoms with Crippen molar-refractivity contribution in [1.82, 2.24) is 5.32 Å². The minimum atomic E-state index is -0.367. The second-order valence-electron chi connectivity index (χ2n) is 6.58. The highest BCUT2D eigenvalue weighted by Crippen LogP contribution is 2.42. The Hall–Kier alpha value is -0.900. The zero-order valence-electron chi connectivity index (χ0n) is 12.3. The molecule has 1 saturated heterocycles. The number of rotatable bonds is 4. The van der Waals surface area contributed by atoms with Crippen LogP contribution in [0.1, 0.15) is 44.6 Å². The summed E-state index contributed by atoms with van der Waals surface area (Å²) in [5.74, 6) is 0. The maximum atomic E-state index is 9.88. The Morgan fingerprint density at radius 2 is 2.10 bits per heavy atom. The van der Waals surface area contributed by atoms with Gasteiger partial charge in [-0.15, -0.1) is 0 Å². The van der Waals surface area contributed by atoms with Crippen LogP contribution in [-0.4, -0.2) is 30.0 Å². The minimum Gasteiger partial charge on any atom is -0.394 e. The first-order valence-corrected chi connectivity index (χ1v) is 7.74. The van der Waals surface area contributed by atoms with E-state index in [9.17, 15) is 5.11 Å². The normalized spacial score (nSPS) is 27.8. The smallest absolute Gasteiger partial charge is 0.0697 e. The molecule has 2 aliphatic rings. The fourth-order valence-corrected chi connectivity index (χ4v) is 3.55. The van der Waals surface area contributed by atoms with Crippen LogP contribution < -0.4 is 5.32 Å². The number of hydrogen-bond donors (Lipinski definition) is 2. The minimum absolute atomic E-state index is 0.112. The van der Waals surface area contributed by atoms with Crippen molar-refractivity contribution in [1.29, 1.82) is 0 Å². The molecule has 1 spiro atoms. The molecular formula is C17H25NO2. The Morgan fingerprint density at radius 3 is 2.70 bits per heavy atom. The van der Waals surface area contributed by atoms with E-state index in [4.69, 9.17) is 4.74 Å². The molecule has 0 bridgehead atoms. The average Bonchev–Trinajstić information content (AvgIpc) is 2.47. The maximum Gasteiger partial charge on any atom is 0.0697 e. The van der Waals surface area contributed by atoms with Crippen LogP contribution >= 0.6 is 0 Å². The summed E-state index contributed by atoms with van der Waals surface area (Å²) >= 11 is 0. The molecule has 110 valence electrons. The molecule has 1 saturated carbocycles. The monoisotopic (exact) mass is 275 g/mol. The summed E-state index contributed by atoms with van der Waals surface area (Å²) in [7, 11) is 0. The molecule has 3 nitrogen and oxygen atoms in total. The van der Waals surface area contributed by atoms with Crippen LogP contribution in [0.4, 0.5) is 0 Å². The molecule has 3 rings (SSSR count). The van der Waals surface area contributed by atoms with Crippen molar-refractivity contribution in [2.75, 3.05) is 13.2 Å². The Morgan fingerprint density at radius 1 is 1.35 bits per heavy atom. The molecule has 1 aliphatic carbocycles.